The van der Waals surface area contributed by atoms with E-state index in [0.717, 1.165) is 35.1 Å². The number of fused-ring (bicyclic) bond motifs is 1. The SMILES string of the molecule is C[C@]12CCCC[C@@H]1[C@@H]2C(=O)N/N=C\C12c3ccccc3C(c3ccccc31)[C@H]1C(=O)N(c3ccccc3)C(=O)[C@@H]12. The summed E-state index contributed by atoms with van der Waals surface area (Å²) in [7, 11) is 0. The molecule has 6 heteroatoms. The van der Waals surface area contributed by atoms with Crippen LogP contribution in [0.4, 0.5) is 5.69 Å². The number of anilines is 1. The van der Waals surface area contributed by atoms with Crippen molar-refractivity contribution in [2.24, 2.45) is 34.2 Å². The van der Waals surface area contributed by atoms with Gasteiger partial charge in [-0.15, -0.1) is 0 Å². The monoisotopic (exact) mass is 529 g/mol. The fourth-order valence-electron chi connectivity index (χ4n) is 9.00. The minimum Gasteiger partial charge on any atom is -0.274 e. The Bertz CT molecular complexity index is 1570. The average Bonchev–Trinajstić information content (AvgIpc) is 3.53. The van der Waals surface area contributed by atoms with E-state index in [4.69, 9.17) is 0 Å². The highest BCUT2D eigenvalue weighted by molar-refractivity contribution is 6.25. The lowest BCUT2D eigenvalue weighted by atomic mass is 9.47. The Morgan fingerprint density at radius 1 is 0.900 bits per heavy atom. The van der Waals surface area contributed by atoms with Crippen molar-refractivity contribution in [3.05, 3.63) is 101 Å². The first-order valence-electron chi connectivity index (χ1n) is 14.4. The zero-order chi connectivity index (χ0) is 27.2. The van der Waals surface area contributed by atoms with Gasteiger partial charge in [0.05, 0.1) is 22.9 Å². The predicted molar refractivity (Wildman–Crippen MR) is 152 cm³/mol. The summed E-state index contributed by atoms with van der Waals surface area (Å²) >= 11 is 0. The fraction of sp³-hybridized carbons (Fsp3) is 0.353. The molecule has 6 aliphatic rings. The summed E-state index contributed by atoms with van der Waals surface area (Å²) in [5.74, 6) is -1.44. The van der Waals surface area contributed by atoms with Crippen LogP contribution in [0.5, 0.6) is 0 Å². The molecule has 0 aromatic heterocycles. The number of hydrogen-bond acceptors (Lipinski definition) is 4. The smallest absolute Gasteiger partial charge is 0.244 e. The number of nitrogens with zero attached hydrogens (tertiary/aromatic N) is 2. The fourth-order valence-corrected chi connectivity index (χ4v) is 9.00. The molecule has 3 aromatic carbocycles. The number of hydrogen-bond donors (Lipinski definition) is 1. The Morgan fingerprint density at radius 2 is 1.55 bits per heavy atom. The second kappa shape index (κ2) is 8.23. The van der Waals surface area contributed by atoms with Crippen molar-refractivity contribution >= 4 is 29.6 Å². The van der Waals surface area contributed by atoms with Gasteiger partial charge in [0.2, 0.25) is 17.7 Å². The highest BCUT2D eigenvalue weighted by Crippen LogP contribution is 2.66. The van der Waals surface area contributed by atoms with Crippen LogP contribution in [-0.2, 0) is 19.8 Å². The lowest BCUT2D eigenvalue weighted by Crippen LogP contribution is -2.54. The van der Waals surface area contributed by atoms with E-state index in [0.29, 0.717) is 11.6 Å². The quantitative estimate of drug-likeness (QED) is 0.288. The van der Waals surface area contributed by atoms with Gasteiger partial charge in [0.1, 0.15) is 0 Å². The van der Waals surface area contributed by atoms with Gasteiger partial charge in [0.25, 0.3) is 0 Å². The molecule has 1 aliphatic heterocycles. The molecule has 2 saturated carbocycles. The van der Waals surface area contributed by atoms with Gasteiger partial charge in [-0.25, -0.2) is 10.3 Å². The molecule has 3 fully saturated rings. The lowest BCUT2D eigenvalue weighted by Gasteiger charge is -2.52. The van der Waals surface area contributed by atoms with E-state index in [1.54, 1.807) is 6.21 Å². The van der Waals surface area contributed by atoms with Gasteiger partial charge in [-0.2, -0.15) is 5.10 Å². The number of carbonyl (C=O) groups excluding carboxylic acids is 3. The first-order valence-corrected chi connectivity index (χ1v) is 14.4. The molecule has 0 spiro atoms. The lowest BCUT2D eigenvalue weighted by molar-refractivity contribution is -0.124. The largest absolute Gasteiger partial charge is 0.274 e. The maximum Gasteiger partial charge on any atom is 0.244 e. The predicted octanol–water partition coefficient (Wildman–Crippen LogP) is 5.17. The summed E-state index contributed by atoms with van der Waals surface area (Å²) in [6, 6.07) is 25.4. The molecule has 5 atom stereocenters. The zero-order valence-corrected chi connectivity index (χ0v) is 22.4. The molecule has 1 heterocycles. The van der Waals surface area contributed by atoms with Crippen LogP contribution in [0.1, 0.15) is 60.8 Å². The Kier molecular flexibility index (Phi) is 4.89. The highest BCUT2D eigenvalue weighted by Gasteiger charge is 2.68. The number of benzene rings is 3. The van der Waals surface area contributed by atoms with Gasteiger partial charge in [0, 0.05) is 18.1 Å². The molecule has 2 bridgehead atoms. The molecule has 9 rings (SSSR count). The molecule has 200 valence electrons. The summed E-state index contributed by atoms with van der Waals surface area (Å²) < 4.78 is 0. The third-order valence-electron chi connectivity index (χ3n) is 10.8. The van der Waals surface area contributed by atoms with Crippen LogP contribution >= 0.6 is 0 Å². The number of imide groups is 1. The van der Waals surface area contributed by atoms with E-state index in [2.05, 4.69) is 41.7 Å². The number of carbonyl (C=O) groups is 3. The van der Waals surface area contributed by atoms with Crippen molar-refractivity contribution in [1.82, 2.24) is 5.43 Å². The molecule has 6 nitrogen and oxygen atoms in total. The van der Waals surface area contributed by atoms with Gasteiger partial charge in [0.15, 0.2) is 0 Å². The Balaban J connectivity index is 1.26. The van der Waals surface area contributed by atoms with Crippen LogP contribution < -0.4 is 10.3 Å². The van der Waals surface area contributed by atoms with E-state index in [9.17, 15) is 14.4 Å². The number of para-hydroxylation sites is 1. The van der Waals surface area contributed by atoms with Crippen molar-refractivity contribution in [1.29, 1.82) is 0 Å². The molecule has 1 N–H and O–H groups in total. The molecular weight excluding hydrogens is 498 g/mol. The van der Waals surface area contributed by atoms with Gasteiger partial charge in [-0.05, 0) is 58.6 Å². The van der Waals surface area contributed by atoms with Gasteiger partial charge in [-0.1, -0.05) is 86.5 Å². The van der Waals surface area contributed by atoms with Crippen molar-refractivity contribution in [3.8, 4) is 0 Å². The van der Waals surface area contributed by atoms with Gasteiger partial charge in [-0.3, -0.25) is 14.4 Å². The topological polar surface area (TPSA) is 78.8 Å². The third kappa shape index (κ3) is 2.89. The Morgan fingerprint density at radius 3 is 2.20 bits per heavy atom. The van der Waals surface area contributed by atoms with Crippen molar-refractivity contribution in [2.45, 2.75) is 43.9 Å². The normalized spacial score (nSPS) is 34.7. The third-order valence-corrected chi connectivity index (χ3v) is 10.8. The standard InChI is InChI=1S/C34H31N3O3/c1-33-18-10-9-17-25(33)28(33)30(38)36-35-19-34-23-15-7-5-13-21(23)26(22-14-6-8-16-24(22)34)27-29(34)32(40)37(31(27)39)20-11-3-2-4-12-20/h2-8,11-16,19,25-29H,9-10,17-18H2,1H3,(H,36,38)/b35-19-/t25-,26?,27-,28-,29-,33+,34?/m1/s1. The van der Waals surface area contributed by atoms with Crippen molar-refractivity contribution < 1.29 is 14.4 Å². The summed E-state index contributed by atoms with van der Waals surface area (Å²) in [5, 5.41) is 4.62. The van der Waals surface area contributed by atoms with Crippen LogP contribution in [0.2, 0.25) is 0 Å². The number of hydrazone groups is 1. The molecular formula is C34H31N3O3. The first-order chi connectivity index (χ1) is 19.5. The molecule has 40 heavy (non-hydrogen) atoms. The minimum atomic E-state index is -0.976. The van der Waals surface area contributed by atoms with E-state index in [1.807, 2.05) is 54.6 Å². The Hall–Kier alpha value is -4.06. The number of rotatable bonds is 4. The second-order valence-corrected chi connectivity index (χ2v) is 12.4. The zero-order valence-electron chi connectivity index (χ0n) is 22.4. The Labute approximate surface area is 233 Å². The molecule has 5 aliphatic carbocycles. The second-order valence-electron chi connectivity index (χ2n) is 12.4. The van der Waals surface area contributed by atoms with Crippen LogP contribution in [-0.4, -0.2) is 23.9 Å². The van der Waals surface area contributed by atoms with Gasteiger partial charge < -0.3 is 0 Å². The van der Waals surface area contributed by atoms with E-state index >= 15 is 0 Å². The van der Waals surface area contributed by atoms with Crippen LogP contribution in [0.15, 0.2) is 84.0 Å². The van der Waals surface area contributed by atoms with E-state index in [-0.39, 0.29) is 35.0 Å². The number of nitrogens with one attached hydrogen (secondary N) is 1. The summed E-state index contributed by atoms with van der Waals surface area (Å²) in [5.41, 5.74) is 6.65. The van der Waals surface area contributed by atoms with Gasteiger partial charge >= 0.3 is 0 Å². The van der Waals surface area contributed by atoms with E-state index < -0.39 is 17.3 Å². The molecule has 3 aromatic rings. The van der Waals surface area contributed by atoms with Crippen LogP contribution in [0.25, 0.3) is 0 Å². The first kappa shape index (κ1) is 23.8. The minimum absolute atomic E-state index is 0.0117. The van der Waals surface area contributed by atoms with Crippen LogP contribution in [0, 0.1) is 29.1 Å². The maximum absolute atomic E-state index is 14.3. The number of amides is 3. The average molecular weight is 530 g/mol. The highest BCUT2D eigenvalue weighted by atomic mass is 16.2. The summed E-state index contributed by atoms with van der Waals surface area (Å²) in [6.45, 7) is 2.23. The molecule has 1 saturated heterocycles. The molecule has 3 amide bonds. The molecule has 0 radical (unpaired) electrons. The van der Waals surface area contributed by atoms with Crippen LogP contribution in [0.3, 0.4) is 0 Å². The van der Waals surface area contributed by atoms with Crippen molar-refractivity contribution in [3.63, 3.8) is 0 Å². The maximum atomic E-state index is 14.3. The van der Waals surface area contributed by atoms with E-state index in [1.165, 1.54) is 17.7 Å². The van der Waals surface area contributed by atoms with Crippen molar-refractivity contribution in [2.75, 3.05) is 4.90 Å². The summed E-state index contributed by atoms with van der Waals surface area (Å²) in [6.07, 6.45) is 6.31. The summed E-state index contributed by atoms with van der Waals surface area (Å²) in [4.78, 5) is 43.2. The molecule has 0 unspecified atom stereocenters.